The Hall–Kier alpha value is -9.04. The lowest BCUT2D eigenvalue weighted by molar-refractivity contribution is 0.0857. The second-order valence-electron chi connectivity index (χ2n) is 13.8. The first-order valence-corrected chi connectivity index (χ1v) is 18.9. The minimum atomic E-state index is -1.36. The summed E-state index contributed by atoms with van der Waals surface area (Å²) in [5.41, 5.74) is 0. The van der Waals surface area contributed by atoms with Crippen molar-refractivity contribution in [1.29, 1.82) is 0 Å². The molecule has 14 nitrogen and oxygen atoms in total. The van der Waals surface area contributed by atoms with Crippen LogP contribution in [0.2, 0.25) is 0 Å². The summed E-state index contributed by atoms with van der Waals surface area (Å²) >= 11 is 0. The van der Waals surface area contributed by atoms with Crippen molar-refractivity contribution in [1.82, 2.24) is 0 Å². The van der Waals surface area contributed by atoms with Crippen LogP contribution in [0.25, 0.3) is 43.1 Å². The number of rotatable bonds is 8. The van der Waals surface area contributed by atoms with E-state index in [0.717, 1.165) is 0 Å². The minimum absolute atomic E-state index is 0.104. The van der Waals surface area contributed by atoms with Crippen LogP contribution >= 0.6 is 0 Å². The summed E-state index contributed by atoms with van der Waals surface area (Å²) in [7, 11) is 0. The molecule has 0 amide bonds. The molecule has 11 rings (SSSR count). The Morgan fingerprint density at radius 2 is 0.484 bits per heavy atom. The van der Waals surface area contributed by atoms with Crippen molar-refractivity contribution in [2.24, 2.45) is 0 Å². The van der Waals surface area contributed by atoms with Crippen molar-refractivity contribution in [2.45, 2.75) is 0 Å². The fourth-order valence-electron chi connectivity index (χ4n) is 7.71. The highest BCUT2D eigenvalue weighted by Crippen LogP contribution is 2.60. The largest absolute Gasteiger partial charge is 0.524 e. The van der Waals surface area contributed by atoms with E-state index in [-0.39, 0.29) is 67.5 Å². The van der Waals surface area contributed by atoms with Crippen LogP contribution in [0.1, 0.15) is 0 Å². The Kier molecular flexibility index (Phi) is 8.35. The SMILES string of the molecule is O=C1OC(=O)Oc2cc(Oc3ccccc3)c3c4c(Oc5ccccc5)cc5c6c(cc(Oc7ccccc7)c(c7c(Oc8ccccc8)cc(c2c73)O1)c64)OC(=O)OC(=O)O5. The van der Waals surface area contributed by atoms with Gasteiger partial charge in [-0.3, -0.25) is 0 Å². The van der Waals surface area contributed by atoms with Crippen molar-refractivity contribution in [3.05, 3.63) is 146 Å². The number of benzene rings is 9. The molecule has 9 aromatic rings. The average molecular weight is 825 g/mol. The first-order chi connectivity index (χ1) is 30.3. The lowest BCUT2D eigenvalue weighted by Gasteiger charge is -2.26. The Morgan fingerprint density at radius 1 is 0.258 bits per heavy atom. The molecule has 2 aliphatic rings. The molecule has 0 radical (unpaired) electrons. The second-order valence-corrected chi connectivity index (χ2v) is 13.8. The summed E-state index contributed by atoms with van der Waals surface area (Å²) in [6.45, 7) is 0. The highest BCUT2D eigenvalue weighted by atomic mass is 16.8. The predicted molar refractivity (Wildman–Crippen MR) is 220 cm³/mol. The van der Waals surface area contributed by atoms with Crippen molar-refractivity contribution >= 4 is 67.7 Å². The molecule has 0 aliphatic carbocycles. The zero-order valence-corrected chi connectivity index (χ0v) is 31.6. The van der Waals surface area contributed by atoms with Gasteiger partial charge in [-0.15, -0.1) is 0 Å². The summed E-state index contributed by atoms with van der Waals surface area (Å²) in [4.78, 5) is 52.3. The van der Waals surface area contributed by atoms with Crippen LogP contribution < -0.4 is 37.9 Å². The highest BCUT2D eigenvalue weighted by Gasteiger charge is 2.36. The molecule has 0 fully saturated rings. The van der Waals surface area contributed by atoms with Crippen LogP contribution in [0.5, 0.6) is 69.0 Å². The third-order valence-electron chi connectivity index (χ3n) is 10.0. The summed E-state index contributed by atoms with van der Waals surface area (Å²) in [5, 5.41) is 2.06. The molecule has 2 heterocycles. The molecular formula is C48H24O14. The molecule has 0 spiro atoms. The van der Waals surface area contributed by atoms with Crippen LogP contribution in [0, 0.1) is 0 Å². The molecule has 0 N–H and O–H groups in total. The fourth-order valence-corrected chi connectivity index (χ4v) is 7.71. The van der Waals surface area contributed by atoms with Gasteiger partial charge in [0.1, 0.15) is 69.0 Å². The zero-order valence-electron chi connectivity index (χ0n) is 31.6. The van der Waals surface area contributed by atoms with E-state index in [1.54, 1.807) is 97.1 Å². The van der Waals surface area contributed by atoms with E-state index >= 15 is 0 Å². The van der Waals surface area contributed by atoms with Gasteiger partial charge in [0.05, 0.1) is 10.8 Å². The molecule has 0 saturated heterocycles. The van der Waals surface area contributed by atoms with Gasteiger partial charge >= 0.3 is 24.6 Å². The highest BCUT2D eigenvalue weighted by molar-refractivity contribution is 6.40. The van der Waals surface area contributed by atoms with Crippen LogP contribution in [-0.4, -0.2) is 24.6 Å². The van der Waals surface area contributed by atoms with E-state index in [2.05, 4.69) is 0 Å². The third-order valence-corrected chi connectivity index (χ3v) is 10.0. The summed E-state index contributed by atoms with van der Waals surface area (Å²) in [5.74, 6) is 1.57. The number of carbonyl (C=O) groups excluding carboxylic acids is 4. The van der Waals surface area contributed by atoms with E-state index in [1.165, 1.54) is 24.3 Å². The number of fused-ring (bicyclic) bond motifs is 2. The van der Waals surface area contributed by atoms with E-state index < -0.39 is 24.6 Å². The Labute approximate surface area is 348 Å². The first kappa shape index (κ1) is 36.1. The number of ether oxygens (including phenoxy) is 10. The lowest BCUT2D eigenvalue weighted by atomic mass is 9.86. The van der Waals surface area contributed by atoms with E-state index in [9.17, 15) is 19.2 Å². The first-order valence-electron chi connectivity index (χ1n) is 18.9. The van der Waals surface area contributed by atoms with Crippen LogP contribution in [-0.2, 0) is 9.47 Å². The maximum absolute atomic E-state index is 13.1. The maximum Gasteiger partial charge on any atom is 0.524 e. The van der Waals surface area contributed by atoms with Crippen molar-refractivity contribution in [2.75, 3.05) is 0 Å². The Balaban J connectivity index is 1.41. The van der Waals surface area contributed by atoms with E-state index in [0.29, 0.717) is 44.5 Å². The lowest BCUT2D eigenvalue weighted by Crippen LogP contribution is -2.22. The van der Waals surface area contributed by atoms with E-state index in [1.807, 2.05) is 24.3 Å². The smallest absolute Gasteiger partial charge is 0.457 e. The number of para-hydroxylation sites is 4. The van der Waals surface area contributed by atoms with Crippen LogP contribution in [0.4, 0.5) is 19.2 Å². The van der Waals surface area contributed by atoms with Gasteiger partial charge in [-0.1, -0.05) is 72.8 Å². The van der Waals surface area contributed by atoms with Crippen molar-refractivity contribution in [3.8, 4) is 69.0 Å². The molecule has 0 saturated carbocycles. The number of carbonyl (C=O) groups is 4. The molecule has 0 unspecified atom stereocenters. The quantitative estimate of drug-likeness (QED) is 0.0468. The van der Waals surface area contributed by atoms with Crippen molar-refractivity contribution in [3.63, 3.8) is 0 Å². The van der Waals surface area contributed by atoms with Crippen molar-refractivity contribution < 1.29 is 66.5 Å². The topological polar surface area (TPSA) is 161 Å². The minimum Gasteiger partial charge on any atom is -0.457 e. The summed E-state index contributed by atoms with van der Waals surface area (Å²) in [6, 6.07) is 41.1. The summed E-state index contributed by atoms with van der Waals surface area (Å²) < 4.78 is 59.4. The predicted octanol–water partition coefficient (Wildman–Crippen LogP) is 13.0. The molecule has 300 valence electrons. The van der Waals surface area contributed by atoms with Gasteiger partial charge in [0.15, 0.2) is 0 Å². The van der Waals surface area contributed by atoms with Gasteiger partial charge in [0.2, 0.25) is 0 Å². The third kappa shape index (κ3) is 6.22. The molecule has 14 heteroatoms. The molecule has 9 aromatic carbocycles. The second kappa shape index (κ2) is 14.4. The molecule has 0 aromatic heterocycles. The maximum atomic E-state index is 13.1. The van der Waals surface area contributed by atoms with Crippen LogP contribution in [0.3, 0.4) is 0 Å². The van der Waals surface area contributed by atoms with Gasteiger partial charge in [0, 0.05) is 56.6 Å². The number of hydrogen-bond donors (Lipinski definition) is 0. The standard InChI is InChI=1S/C48H24O14/c49-45-57-29-21-33(53-25-13-5-1-6-14-25)39-40-34(54-26-15-7-2-8-16-26)22-31-38-32(60-48(52)62-47(51)59-31)24-36(56-28-19-11-4-12-20-28)42(44(38)40)41-35(55-27-17-9-3-10-18-27)23-30(37(29)43(39)41)58-46(50)61-45/h1-24H. The molecule has 0 atom stereocenters. The molecule has 0 bridgehead atoms. The van der Waals surface area contributed by atoms with Crippen LogP contribution in [0.15, 0.2) is 146 Å². The molecule has 62 heavy (non-hydrogen) atoms. The van der Waals surface area contributed by atoms with Gasteiger partial charge in [-0.05, 0) is 48.5 Å². The molecule has 2 aliphatic heterocycles. The monoisotopic (exact) mass is 824 g/mol. The average Bonchev–Trinajstić information content (AvgIpc) is 3.25. The summed E-state index contributed by atoms with van der Waals surface area (Å²) in [6.07, 6.45) is -5.44. The van der Waals surface area contributed by atoms with Gasteiger partial charge < -0.3 is 47.4 Å². The Bertz CT molecular complexity index is 2870. The van der Waals surface area contributed by atoms with E-state index in [4.69, 9.17) is 47.4 Å². The van der Waals surface area contributed by atoms with Gasteiger partial charge in [-0.2, -0.15) is 0 Å². The molecular weight excluding hydrogens is 801 g/mol. The normalized spacial score (nSPS) is 13.4. The number of hydrogen-bond acceptors (Lipinski definition) is 14. The number of cyclic esters (lactones) is 4. The Morgan fingerprint density at radius 3 is 0.710 bits per heavy atom. The fraction of sp³-hybridized carbons (Fsp3) is 0. The zero-order chi connectivity index (χ0) is 41.9. The van der Waals surface area contributed by atoms with Gasteiger partial charge in [-0.25, -0.2) is 19.2 Å². The van der Waals surface area contributed by atoms with Gasteiger partial charge in [0.25, 0.3) is 0 Å².